The summed E-state index contributed by atoms with van der Waals surface area (Å²) in [6, 6.07) is 18.0. The Morgan fingerprint density at radius 2 is 1.69 bits per heavy atom. The Morgan fingerprint density at radius 3 is 2.40 bits per heavy atom. The molecule has 6 rings (SSSR count). The summed E-state index contributed by atoms with van der Waals surface area (Å²) in [5.74, 6) is 5.07. The number of nitrogen functional groups attached to an aromatic ring is 1. The van der Waals surface area contributed by atoms with E-state index in [-0.39, 0.29) is 17.3 Å². The zero-order chi connectivity index (χ0) is 24.3. The van der Waals surface area contributed by atoms with E-state index in [1.54, 1.807) is 0 Å². The molecule has 3 aliphatic heterocycles. The molecule has 2 aromatic carbocycles. The highest BCUT2D eigenvalue weighted by Crippen LogP contribution is 2.47. The van der Waals surface area contributed by atoms with Gasteiger partial charge in [-0.1, -0.05) is 60.3 Å². The standard InChI is InChI=1S/C24H19N7O3S/c1-13-17(22(33)31(28-13)15-10-6-3-7-11-15)16-12-35-24-27-20-18(21(32)30(25)23(34)26-20)19(29(16)24)14-8-4-2-5-9-14/h2-12,17,19H,25H2,1H3,(H,26,34). The summed E-state index contributed by atoms with van der Waals surface area (Å²) in [5, 5.41) is 8.35. The number of aromatic nitrogens is 2. The first kappa shape index (κ1) is 21.2. The molecule has 0 bridgehead atoms. The Labute approximate surface area is 203 Å². The van der Waals surface area contributed by atoms with Crippen molar-refractivity contribution < 1.29 is 4.79 Å². The average Bonchev–Trinajstić information content (AvgIpc) is 3.41. The predicted octanol–water partition coefficient (Wildman–Crippen LogP) is 2.27. The van der Waals surface area contributed by atoms with E-state index >= 15 is 0 Å². The third-order valence-electron chi connectivity index (χ3n) is 6.20. The van der Waals surface area contributed by atoms with Crippen LogP contribution >= 0.6 is 11.8 Å². The second kappa shape index (κ2) is 7.84. The minimum atomic E-state index is -0.748. The van der Waals surface area contributed by atoms with Gasteiger partial charge < -0.3 is 10.7 Å². The molecule has 174 valence electrons. The molecule has 10 nitrogen and oxygen atoms in total. The van der Waals surface area contributed by atoms with E-state index in [1.807, 2.05) is 77.9 Å². The summed E-state index contributed by atoms with van der Waals surface area (Å²) in [5.41, 5.74) is 1.59. The number of rotatable bonds is 3. The third kappa shape index (κ3) is 3.16. The summed E-state index contributed by atoms with van der Waals surface area (Å²) in [7, 11) is 0. The molecule has 3 aromatic rings. The summed E-state index contributed by atoms with van der Waals surface area (Å²) in [4.78, 5) is 48.0. The molecule has 4 heterocycles. The molecule has 0 aliphatic carbocycles. The topological polar surface area (TPSA) is 129 Å². The van der Waals surface area contributed by atoms with Gasteiger partial charge in [0.1, 0.15) is 11.7 Å². The van der Waals surface area contributed by atoms with Crippen molar-refractivity contribution in [1.29, 1.82) is 0 Å². The monoisotopic (exact) mass is 485 g/mol. The van der Waals surface area contributed by atoms with Gasteiger partial charge >= 0.3 is 5.69 Å². The van der Waals surface area contributed by atoms with Crippen molar-refractivity contribution in [3.05, 3.63) is 104 Å². The van der Waals surface area contributed by atoms with E-state index in [1.165, 1.54) is 16.8 Å². The smallest absolute Gasteiger partial charge is 0.332 e. The van der Waals surface area contributed by atoms with Crippen LogP contribution in [0.25, 0.3) is 0 Å². The molecular formula is C24H19N7O3S. The first-order chi connectivity index (χ1) is 17.0. The van der Waals surface area contributed by atoms with Crippen LogP contribution in [-0.4, -0.2) is 31.3 Å². The second-order valence-electron chi connectivity index (χ2n) is 8.27. The van der Waals surface area contributed by atoms with Crippen molar-refractivity contribution in [2.45, 2.75) is 13.0 Å². The number of fused-ring (bicyclic) bond motifs is 2. The van der Waals surface area contributed by atoms with E-state index in [2.05, 4.69) is 15.1 Å². The normalized spacial score (nSPS) is 20.8. The Balaban J connectivity index is 1.49. The number of aromatic amines is 1. The van der Waals surface area contributed by atoms with Crippen LogP contribution in [0.1, 0.15) is 24.1 Å². The molecule has 0 spiro atoms. The predicted molar refractivity (Wildman–Crippen MR) is 135 cm³/mol. The SMILES string of the molecule is CC1=NN(c2ccccc2)C(=O)C1C1=CSC2=Nc3[nH]c(=O)n(N)c(=O)c3C(c3ccccc3)N12. The van der Waals surface area contributed by atoms with Gasteiger partial charge in [0.05, 0.1) is 23.0 Å². The van der Waals surface area contributed by atoms with E-state index in [9.17, 15) is 14.4 Å². The lowest BCUT2D eigenvalue weighted by Crippen LogP contribution is -2.47. The fraction of sp³-hybridized carbons (Fsp3) is 0.125. The molecule has 0 saturated heterocycles. The number of nitrogens with two attached hydrogens (primary N) is 1. The number of aliphatic imine (C=N–C) groups is 1. The van der Waals surface area contributed by atoms with E-state index < -0.39 is 23.2 Å². The number of hydrogen-bond donors (Lipinski definition) is 2. The Morgan fingerprint density at radius 1 is 1.00 bits per heavy atom. The molecule has 0 radical (unpaired) electrons. The van der Waals surface area contributed by atoms with Crippen LogP contribution in [-0.2, 0) is 4.79 Å². The fourth-order valence-electron chi connectivity index (χ4n) is 4.61. The highest BCUT2D eigenvalue weighted by Gasteiger charge is 2.47. The average molecular weight is 486 g/mol. The van der Waals surface area contributed by atoms with Crippen LogP contribution in [0.2, 0.25) is 0 Å². The van der Waals surface area contributed by atoms with Gasteiger partial charge in [-0.25, -0.2) is 9.79 Å². The zero-order valence-corrected chi connectivity index (χ0v) is 19.3. The molecule has 1 aromatic heterocycles. The Bertz CT molecular complexity index is 1570. The molecule has 2 unspecified atom stereocenters. The Kier molecular flexibility index (Phi) is 4.74. The van der Waals surface area contributed by atoms with Crippen LogP contribution in [0.5, 0.6) is 0 Å². The quantitative estimate of drug-likeness (QED) is 0.548. The van der Waals surface area contributed by atoms with Gasteiger partial charge in [0.15, 0.2) is 5.17 Å². The summed E-state index contributed by atoms with van der Waals surface area (Å²) in [6.07, 6.45) is 0. The fourth-order valence-corrected chi connectivity index (χ4v) is 5.55. The number of nitrogens with one attached hydrogen (secondary N) is 1. The second-order valence-corrected chi connectivity index (χ2v) is 9.10. The number of thioether (sulfide) groups is 1. The maximum atomic E-state index is 13.6. The van der Waals surface area contributed by atoms with Crippen LogP contribution in [0.3, 0.4) is 0 Å². The molecule has 0 saturated carbocycles. The number of amides is 1. The largest absolute Gasteiger partial charge is 0.348 e. The van der Waals surface area contributed by atoms with Crippen molar-refractivity contribution in [3.63, 3.8) is 0 Å². The molecule has 2 atom stereocenters. The van der Waals surface area contributed by atoms with Gasteiger partial charge in [-0.2, -0.15) is 14.8 Å². The van der Waals surface area contributed by atoms with Gasteiger partial charge in [0.25, 0.3) is 11.5 Å². The number of hydrazone groups is 1. The number of benzene rings is 2. The molecule has 11 heteroatoms. The molecule has 35 heavy (non-hydrogen) atoms. The molecule has 1 amide bonds. The third-order valence-corrected chi connectivity index (χ3v) is 7.06. The summed E-state index contributed by atoms with van der Waals surface area (Å²) >= 11 is 1.33. The maximum Gasteiger partial charge on any atom is 0.348 e. The number of para-hydroxylation sites is 1. The van der Waals surface area contributed by atoms with Crippen molar-refractivity contribution in [2.75, 3.05) is 10.9 Å². The molecule has 3 aliphatic rings. The minimum Gasteiger partial charge on any atom is -0.332 e. The van der Waals surface area contributed by atoms with E-state index in [4.69, 9.17) is 5.84 Å². The number of H-pyrrole nitrogens is 1. The van der Waals surface area contributed by atoms with Gasteiger partial charge in [0.2, 0.25) is 0 Å². The van der Waals surface area contributed by atoms with E-state index in [0.29, 0.717) is 26.9 Å². The van der Waals surface area contributed by atoms with E-state index in [0.717, 1.165) is 5.56 Å². The van der Waals surface area contributed by atoms with Gasteiger partial charge in [-0.3, -0.25) is 14.6 Å². The Hall–Kier alpha value is -4.38. The summed E-state index contributed by atoms with van der Waals surface area (Å²) < 4.78 is 0.548. The number of anilines is 1. The van der Waals surface area contributed by atoms with Crippen molar-refractivity contribution in [3.8, 4) is 0 Å². The summed E-state index contributed by atoms with van der Waals surface area (Å²) in [6.45, 7) is 1.81. The first-order valence-corrected chi connectivity index (χ1v) is 11.7. The lowest BCUT2D eigenvalue weighted by molar-refractivity contribution is -0.119. The van der Waals surface area contributed by atoms with Crippen molar-refractivity contribution in [2.24, 2.45) is 16.0 Å². The highest BCUT2D eigenvalue weighted by atomic mass is 32.2. The van der Waals surface area contributed by atoms with Crippen LogP contribution < -0.4 is 22.1 Å². The minimum absolute atomic E-state index is 0.165. The maximum absolute atomic E-state index is 13.6. The molecule has 3 N–H and O–H groups in total. The van der Waals surface area contributed by atoms with Gasteiger partial charge in [0, 0.05) is 5.70 Å². The number of carbonyl (C=O) groups excluding carboxylic acids is 1. The lowest BCUT2D eigenvalue weighted by Gasteiger charge is -2.36. The number of amidine groups is 1. The van der Waals surface area contributed by atoms with Crippen LogP contribution in [0, 0.1) is 5.92 Å². The van der Waals surface area contributed by atoms with Crippen LogP contribution in [0.15, 0.2) is 91.5 Å². The molecule has 0 fully saturated rings. The van der Waals surface area contributed by atoms with Crippen molar-refractivity contribution in [1.82, 2.24) is 14.6 Å². The van der Waals surface area contributed by atoms with Gasteiger partial charge in [-0.05, 0) is 30.0 Å². The van der Waals surface area contributed by atoms with Gasteiger partial charge in [-0.15, -0.1) is 0 Å². The first-order valence-electron chi connectivity index (χ1n) is 10.8. The number of nitrogens with zero attached hydrogens (tertiary/aromatic N) is 5. The highest BCUT2D eigenvalue weighted by molar-refractivity contribution is 8.16. The zero-order valence-electron chi connectivity index (χ0n) is 18.5. The lowest BCUT2D eigenvalue weighted by atomic mass is 9.93. The number of hydrogen-bond acceptors (Lipinski definition) is 8. The number of carbonyl (C=O) groups is 1. The van der Waals surface area contributed by atoms with Crippen molar-refractivity contribution >= 4 is 40.1 Å². The van der Waals surface area contributed by atoms with Crippen LogP contribution in [0.4, 0.5) is 11.5 Å². The molecular weight excluding hydrogens is 466 g/mol.